The monoisotopic (exact) mass is 333 g/mol. The fourth-order valence-corrected chi connectivity index (χ4v) is 2.50. The lowest BCUT2D eigenvalue weighted by Gasteiger charge is -2.11. The average Bonchev–Trinajstić information content (AvgIpc) is 2.41. The number of rotatable bonds is 3. The molecule has 2 aromatic rings. The van der Waals surface area contributed by atoms with Crippen LogP contribution in [-0.2, 0) is 0 Å². The Morgan fingerprint density at radius 2 is 1.75 bits per heavy atom. The Balaban J connectivity index is 2.30. The predicted octanol–water partition coefficient (Wildman–Crippen LogP) is 4.33. The summed E-state index contributed by atoms with van der Waals surface area (Å²) < 4.78 is 6.09. The average molecular weight is 334 g/mol. The van der Waals surface area contributed by atoms with Crippen molar-refractivity contribution < 1.29 is 9.53 Å². The summed E-state index contributed by atoms with van der Waals surface area (Å²) in [4.78, 5) is 12.4. The van der Waals surface area contributed by atoms with Gasteiger partial charge in [-0.15, -0.1) is 0 Å². The number of carbonyl (C=O) groups is 1. The minimum absolute atomic E-state index is 0.185. The molecule has 2 aromatic carbocycles. The number of aryl methyl sites for hydroxylation is 2. The first-order valence-electron chi connectivity index (χ1n) is 6.23. The number of amides is 1. The Morgan fingerprint density at radius 3 is 2.40 bits per heavy atom. The molecule has 1 amide bonds. The second-order valence-electron chi connectivity index (χ2n) is 4.64. The van der Waals surface area contributed by atoms with E-state index >= 15 is 0 Å². The van der Waals surface area contributed by atoms with Crippen molar-refractivity contribution in [2.24, 2.45) is 0 Å². The standard InChI is InChI=1S/C16H16BrNO2/c1-10-5-7-15(20-3)12(8-10)16(19)18-14-6-4-11(2)9-13(14)17/h4-9H,1-3H3,(H,18,19). The molecule has 0 saturated heterocycles. The zero-order chi connectivity index (χ0) is 14.7. The van der Waals surface area contributed by atoms with Gasteiger partial charge in [0.1, 0.15) is 5.75 Å². The van der Waals surface area contributed by atoms with Gasteiger partial charge in [0, 0.05) is 4.47 Å². The molecule has 0 aliphatic carbocycles. The van der Waals surface area contributed by atoms with Gasteiger partial charge in [0.05, 0.1) is 18.4 Å². The number of methoxy groups -OCH3 is 1. The lowest BCUT2D eigenvalue weighted by atomic mass is 10.1. The summed E-state index contributed by atoms with van der Waals surface area (Å²) in [6.07, 6.45) is 0. The maximum atomic E-state index is 12.4. The lowest BCUT2D eigenvalue weighted by molar-refractivity contribution is 0.102. The van der Waals surface area contributed by atoms with Gasteiger partial charge in [0.25, 0.3) is 5.91 Å². The second-order valence-corrected chi connectivity index (χ2v) is 5.50. The van der Waals surface area contributed by atoms with E-state index in [2.05, 4.69) is 21.2 Å². The van der Waals surface area contributed by atoms with Crippen molar-refractivity contribution in [1.29, 1.82) is 0 Å². The molecule has 0 aliphatic heterocycles. The molecular weight excluding hydrogens is 318 g/mol. The maximum Gasteiger partial charge on any atom is 0.259 e. The summed E-state index contributed by atoms with van der Waals surface area (Å²) in [5.41, 5.74) is 3.41. The van der Waals surface area contributed by atoms with Crippen LogP contribution in [0.2, 0.25) is 0 Å². The molecule has 0 bridgehead atoms. The number of hydrogen-bond acceptors (Lipinski definition) is 2. The van der Waals surface area contributed by atoms with Crippen LogP contribution in [0.3, 0.4) is 0 Å². The molecule has 0 spiro atoms. The summed E-state index contributed by atoms with van der Waals surface area (Å²) in [7, 11) is 1.56. The number of anilines is 1. The molecule has 104 valence electrons. The van der Waals surface area contributed by atoms with Gasteiger partial charge in [-0.3, -0.25) is 4.79 Å². The normalized spacial score (nSPS) is 10.2. The Kier molecular flexibility index (Phi) is 4.45. The van der Waals surface area contributed by atoms with Crippen molar-refractivity contribution >= 4 is 27.5 Å². The molecule has 0 unspecified atom stereocenters. The van der Waals surface area contributed by atoms with Gasteiger partial charge >= 0.3 is 0 Å². The minimum atomic E-state index is -0.185. The van der Waals surface area contributed by atoms with Gasteiger partial charge in [-0.25, -0.2) is 0 Å². The summed E-state index contributed by atoms with van der Waals surface area (Å²) in [5.74, 6) is 0.381. The minimum Gasteiger partial charge on any atom is -0.496 e. The first kappa shape index (κ1) is 14.6. The van der Waals surface area contributed by atoms with Crippen molar-refractivity contribution in [3.8, 4) is 5.75 Å². The molecule has 3 nitrogen and oxygen atoms in total. The van der Waals surface area contributed by atoms with Crippen LogP contribution in [0.5, 0.6) is 5.75 Å². The number of nitrogens with one attached hydrogen (secondary N) is 1. The van der Waals surface area contributed by atoms with Gasteiger partial charge in [0.15, 0.2) is 0 Å². The van der Waals surface area contributed by atoms with Crippen molar-refractivity contribution in [3.63, 3.8) is 0 Å². The van der Waals surface area contributed by atoms with Gasteiger partial charge in [-0.2, -0.15) is 0 Å². The molecule has 0 saturated carbocycles. The van der Waals surface area contributed by atoms with E-state index < -0.39 is 0 Å². The summed E-state index contributed by atoms with van der Waals surface area (Å²) >= 11 is 3.45. The van der Waals surface area contributed by atoms with E-state index in [9.17, 15) is 4.79 Å². The molecule has 0 aliphatic rings. The van der Waals surface area contributed by atoms with E-state index in [4.69, 9.17) is 4.74 Å². The van der Waals surface area contributed by atoms with E-state index in [1.165, 1.54) is 0 Å². The Labute approximate surface area is 127 Å². The molecular formula is C16H16BrNO2. The summed E-state index contributed by atoms with van der Waals surface area (Å²) in [6.45, 7) is 3.94. The Hall–Kier alpha value is -1.81. The Morgan fingerprint density at radius 1 is 1.10 bits per heavy atom. The smallest absolute Gasteiger partial charge is 0.259 e. The third-order valence-electron chi connectivity index (χ3n) is 2.97. The summed E-state index contributed by atoms with van der Waals surface area (Å²) in [6, 6.07) is 11.3. The molecule has 4 heteroatoms. The fraction of sp³-hybridized carbons (Fsp3) is 0.188. The lowest BCUT2D eigenvalue weighted by Crippen LogP contribution is -2.13. The molecule has 0 radical (unpaired) electrons. The maximum absolute atomic E-state index is 12.4. The molecule has 0 aromatic heterocycles. The summed E-state index contributed by atoms with van der Waals surface area (Å²) in [5, 5.41) is 2.89. The third-order valence-corrected chi connectivity index (χ3v) is 3.63. The van der Waals surface area contributed by atoms with Crippen LogP contribution in [0.4, 0.5) is 5.69 Å². The second kappa shape index (κ2) is 6.09. The highest BCUT2D eigenvalue weighted by molar-refractivity contribution is 9.10. The zero-order valence-corrected chi connectivity index (χ0v) is 13.2. The van der Waals surface area contributed by atoms with Crippen LogP contribution in [0.1, 0.15) is 21.5 Å². The van der Waals surface area contributed by atoms with Crippen molar-refractivity contribution in [1.82, 2.24) is 0 Å². The van der Waals surface area contributed by atoms with E-state index in [0.717, 1.165) is 21.3 Å². The first-order chi connectivity index (χ1) is 9.51. The van der Waals surface area contributed by atoms with Gasteiger partial charge in [-0.1, -0.05) is 17.7 Å². The van der Waals surface area contributed by atoms with Gasteiger partial charge in [-0.05, 0) is 59.6 Å². The van der Waals surface area contributed by atoms with Crippen LogP contribution in [-0.4, -0.2) is 13.0 Å². The van der Waals surface area contributed by atoms with Gasteiger partial charge in [0.2, 0.25) is 0 Å². The number of carbonyl (C=O) groups excluding carboxylic acids is 1. The molecule has 2 rings (SSSR count). The number of hydrogen-bond donors (Lipinski definition) is 1. The third kappa shape index (κ3) is 3.20. The predicted molar refractivity (Wildman–Crippen MR) is 84.6 cm³/mol. The van der Waals surface area contributed by atoms with Crippen molar-refractivity contribution in [2.75, 3.05) is 12.4 Å². The molecule has 1 N–H and O–H groups in total. The van der Waals surface area contributed by atoms with Crippen LogP contribution in [0, 0.1) is 13.8 Å². The SMILES string of the molecule is COc1ccc(C)cc1C(=O)Nc1ccc(C)cc1Br. The van der Waals surface area contributed by atoms with Gasteiger partial charge < -0.3 is 10.1 Å². The largest absolute Gasteiger partial charge is 0.496 e. The van der Waals surface area contributed by atoms with E-state index in [1.807, 2.05) is 44.2 Å². The van der Waals surface area contributed by atoms with Crippen molar-refractivity contribution in [2.45, 2.75) is 13.8 Å². The van der Waals surface area contributed by atoms with Crippen LogP contribution in [0.15, 0.2) is 40.9 Å². The molecule has 0 fully saturated rings. The van der Waals surface area contributed by atoms with Crippen LogP contribution < -0.4 is 10.1 Å². The fourth-order valence-electron chi connectivity index (χ4n) is 1.91. The van der Waals surface area contributed by atoms with Crippen LogP contribution in [0.25, 0.3) is 0 Å². The zero-order valence-electron chi connectivity index (χ0n) is 11.7. The number of ether oxygens (including phenoxy) is 1. The van der Waals surface area contributed by atoms with Crippen molar-refractivity contribution in [3.05, 3.63) is 57.6 Å². The van der Waals surface area contributed by atoms with E-state index in [-0.39, 0.29) is 5.91 Å². The van der Waals surface area contributed by atoms with E-state index in [0.29, 0.717) is 11.3 Å². The highest BCUT2D eigenvalue weighted by atomic mass is 79.9. The molecule has 20 heavy (non-hydrogen) atoms. The van der Waals surface area contributed by atoms with E-state index in [1.54, 1.807) is 13.2 Å². The number of halogens is 1. The highest BCUT2D eigenvalue weighted by Crippen LogP contribution is 2.26. The Bertz CT molecular complexity index is 653. The molecule has 0 heterocycles. The quantitative estimate of drug-likeness (QED) is 0.907. The highest BCUT2D eigenvalue weighted by Gasteiger charge is 2.13. The first-order valence-corrected chi connectivity index (χ1v) is 7.02. The molecule has 0 atom stereocenters. The van der Waals surface area contributed by atoms with Crippen LogP contribution >= 0.6 is 15.9 Å². The number of benzene rings is 2. The topological polar surface area (TPSA) is 38.3 Å².